The van der Waals surface area contributed by atoms with Gasteiger partial charge in [-0.3, -0.25) is 9.10 Å². The quantitative estimate of drug-likeness (QED) is 0.652. The predicted molar refractivity (Wildman–Crippen MR) is 112 cm³/mol. The number of benzene rings is 2. The Morgan fingerprint density at radius 1 is 1.07 bits per heavy atom. The zero-order chi connectivity index (χ0) is 20.7. The average molecular weight is 405 g/mol. The predicted octanol–water partition coefficient (Wildman–Crippen LogP) is 3.04. The van der Waals surface area contributed by atoms with E-state index in [2.05, 4.69) is 5.32 Å². The number of hydrogen-bond acceptors (Lipinski definition) is 4. The van der Waals surface area contributed by atoms with E-state index in [1.165, 1.54) is 10.6 Å². The molecule has 7 heteroatoms. The molecule has 0 heterocycles. The fraction of sp³-hybridized carbons (Fsp3) is 0.381. The van der Waals surface area contributed by atoms with Crippen molar-refractivity contribution in [1.29, 1.82) is 0 Å². The van der Waals surface area contributed by atoms with Gasteiger partial charge in [-0.15, -0.1) is 0 Å². The van der Waals surface area contributed by atoms with Crippen LogP contribution in [-0.4, -0.2) is 40.8 Å². The molecule has 2 aromatic carbocycles. The molecule has 0 aliphatic heterocycles. The third-order valence-electron chi connectivity index (χ3n) is 4.53. The second kappa shape index (κ2) is 9.71. The van der Waals surface area contributed by atoms with Gasteiger partial charge in [0.25, 0.3) is 5.91 Å². The van der Waals surface area contributed by atoms with Crippen LogP contribution in [0.1, 0.15) is 33.5 Å². The molecule has 28 heavy (non-hydrogen) atoms. The molecule has 0 saturated heterocycles. The molecule has 1 N–H and O–H groups in total. The van der Waals surface area contributed by atoms with Crippen LogP contribution in [0.3, 0.4) is 0 Å². The smallest absolute Gasteiger partial charge is 0.251 e. The lowest BCUT2D eigenvalue weighted by Crippen LogP contribution is -2.29. The third kappa shape index (κ3) is 6.07. The first-order chi connectivity index (χ1) is 13.2. The molecule has 152 valence electrons. The summed E-state index contributed by atoms with van der Waals surface area (Å²) < 4.78 is 31.0. The van der Waals surface area contributed by atoms with Crippen molar-refractivity contribution < 1.29 is 17.9 Å². The Hall–Kier alpha value is -2.38. The van der Waals surface area contributed by atoms with Crippen LogP contribution in [0.2, 0.25) is 0 Å². The van der Waals surface area contributed by atoms with E-state index in [9.17, 15) is 13.2 Å². The standard InChI is InChI=1S/C21H28N2O4S/c1-16-6-11-20(14-17(16)2)23(28(4,25)26)15-18-7-9-19(10-8-18)21(24)22-12-5-13-27-3/h6-11,14H,5,12-13,15H2,1-4H3,(H,22,24). The number of nitrogens with one attached hydrogen (secondary N) is 1. The van der Waals surface area contributed by atoms with Crippen LogP contribution in [0, 0.1) is 13.8 Å². The van der Waals surface area contributed by atoms with Crippen molar-refractivity contribution in [3.8, 4) is 0 Å². The van der Waals surface area contributed by atoms with Crippen molar-refractivity contribution in [3.05, 3.63) is 64.7 Å². The Bertz CT molecular complexity index is 909. The molecule has 6 nitrogen and oxygen atoms in total. The highest BCUT2D eigenvalue weighted by atomic mass is 32.2. The molecule has 0 fully saturated rings. The zero-order valence-corrected chi connectivity index (χ0v) is 17.7. The van der Waals surface area contributed by atoms with Crippen molar-refractivity contribution >= 4 is 21.6 Å². The molecular formula is C21H28N2O4S. The van der Waals surface area contributed by atoms with Gasteiger partial charge < -0.3 is 10.1 Å². The summed E-state index contributed by atoms with van der Waals surface area (Å²) in [4.78, 5) is 12.1. The van der Waals surface area contributed by atoms with Crippen molar-refractivity contribution in [2.45, 2.75) is 26.8 Å². The molecule has 0 aliphatic carbocycles. The maximum Gasteiger partial charge on any atom is 0.251 e. The van der Waals surface area contributed by atoms with Crippen LogP contribution in [-0.2, 0) is 21.3 Å². The maximum absolute atomic E-state index is 12.3. The van der Waals surface area contributed by atoms with E-state index < -0.39 is 10.0 Å². The van der Waals surface area contributed by atoms with Gasteiger partial charge in [-0.05, 0) is 61.2 Å². The van der Waals surface area contributed by atoms with E-state index in [0.717, 1.165) is 23.1 Å². The average Bonchev–Trinajstić information content (AvgIpc) is 2.65. The fourth-order valence-electron chi connectivity index (χ4n) is 2.73. The third-order valence-corrected chi connectivity index (χ3v) is 5.67. The molecule has 0 unspecified atom stereocenters. The Balaban J connectivity index is 2.13. The van der Waals surface area contributed by atoms with Gasteiger partial charge in [0, 0.05) is 25.8 Å². The molecule has 0 bridgehead atoms. The van der Waals surface area contributed by atoms with Crippen molar-refractivity contribution in [1.82, 2.24) is 5.32 Å². The molecule has 0 radical (unpaired) electrons. The first-order valence-electron chi connectivity index (χ1n) is 9.13. The second-order valence-corrected chi connectivity index (χ2v) is 8.74. The summed E-state index contributed by atoms with van der Waals surface area (Å²) in [7, 11) is -1.82. The summed E-state index contributed by atoms with van der Waals surface area (Å²) >= 11 is 0. The van der Waals surface area contributed by atoms with E-state index >= 15 is 0 Å². The Kier molecular flexibility index (Phi) is 7.60. The molecular weight excluding hydrogens is 376 g/mol. The van der Waals surface area contributed by atoms with Gasteiger partial charge >= 0.3 is 0 Å². The molecule has 0 saturated carbocycles. The van der Waals surface area contributed by atoms with Gasteiger partial charge in [-0.25, -0.2) is 8.42 Å². The lowest BCUT2D eigenvalue weighted by atomic mass is 10.1. The monoisotopic (exact) mass is 404 g/mol. The van der Waals surface area contributed by atoms with Gasteiger partial charge in [0.1, 0.15) is 0 Å². The number of hydrogen-bond donors (Lipinski definition) is 1. The fourth-order valence-corrected chi connectivity index (χ4v) is 3.61. The number of anilines is 1. The Morgan fingerprint density at radius 3 is 2.32 bits per heavy atom. The number of methoxy groups -OCH3 is 1. The molecule has 1 amide bonds. The largest absolute Gasteiger partial charge is 0.385 e. The lowest BCUT2D eigenvalue weighted by molar-refractivity contribution is 0.0948. The number of carbonyl (C=O) groups excluding carboxylic acids is 1. The van der Waals surface area contributed by atoms with Gasteiger partial charge in [0.05, 0.1) is 18.5 Å². The summed E-state index contributed by atoms with van der Waals surface area (Å²) in [6, 6.07) is 12.6. The number of sulfonamides is 1. The highest BCUT2D eigenvalue weighted by Gasteiger charge is 2.18. The molecule has 2 aromatic rings. The topological polar surface area (TPSA) is 75.7 Å². The summed E-state index contributed by atoms with van der Waals surface area (Å²) in [6.45, 7) is 5.29. The van der Waals surface area contributed by atoms with Crippen LogP contribution in [0.4, 0.5) is 5.69 Å². The number of aryl methyl sites for hydroxylation is 2. The second-order valence-electron chi connectivity index (χ2n) is 6.84. The zero-order valence-electron chi connectivity index (χ0n) is 16.9. The lowest BCUT2D eigenvalue weighted by Gasteiger charge is -2.23. The first-order valence-corrected chi connectivity index (χ1v) is 11.0. The minimum atomic E-state index is -3.45. The van der Waals surface area contributed by atoms with E-state index in [1.54, 1.807) is 31.4 Å². The van der Waals surface area contributed by atoms with Crippen LogP contribution >= 0.6 is 0 Å². The highest BCUT2D eigenvalue weighted by molar-refractivity contribution is 7.92. The summed E-state index contributed by atoms with van der Waals surface area (Å²) in [5, 5.41) is 2.83. The minimum Gasteiger partial charge on any atom is -0.385 e. The highest BCUT2D eigenvalue weighted by Crippen LogP contribution is 2.23. The number of ether oxygens (including phenoxy) is 1. The summed E-state index contributed by atoms with van der Waals surface area (Å²) in [6.07, 6.45) is 1.95. The van der Waals surface area contributed by atoms with Crippen LogP contribution in [0.25, 0.3) is 0 Å². The molecule has 2 rings (SSSR count). The van der Waals surface area contributed by atoms with Crippen LogP contribution < -0.4 is 9.62 Å². The minimum absolute atomic E-state index is 0.156. The number of amides is 1. The summed E-state index contributed by atoms with van der Waals surface area (Å²) in [5.74, 6) is -0.156. The van der Waals surface area contributed by atoms with E-state index in [0.29, 0.717) is 24.4 Å². The molecule has 0 atom stereocenters. The van der Waals surface area contributed by atoms with Crippen molar-refractivity contribution in [2.24, 2.45) is 0 Å². The Morgan fingerprint density at radius 2 is 1.75 bits per heavy atom. The van der Waals surface area contributed by atoms with E-state index in [4.69, 9.17) is 4.74 Å². The molecule has 0 aromatic heterocycles. The van der Waals surface area contributed by atoms with E-state index in [1.807, 2.05) is 32.0 Å². The van der Waals surface area contributed by atoms with Gasteiger partial charge in [0.15, 0.2) is 0 Å². The van der Waals surface area contributed by atoms with E-state index in [-0.39, 0.29) is 12.5 Å². The maximum atomic E-state index is 12.3. The number of carbonyl (C=O) groups is 1. The van der Waals surface area contributed by atoms with Crippen molar-refractivity contribution in [2.75, 3.05) is 30.8 Å². The Labute approximate surface area is 167 Å². The SMILES string of the molecule is COCCCNC(=O)c1ccc(CN(c2ccc(C)c(C)c2)S(C)(=O)=O)cc1. The van der Waals surface area contributed by atoms with Gasteiger partial charge in [-0.2, -0.15) is 0 Å². The van der Waals surface area contributed by atoms with Gasteiger partial charge in [-0.1, -0.05) is 18.2 Å². The summed E-state index contributed by atoms with van der Waals surface area (Å²) in [5.41, 5.74) is 4.12. The molecule has 0 aliphatic rings. The van der Waals surface area contributed by atoms with Gasteiger partial charge in [0.2, 0.25) is 10.0 Å². The number of rotatable bonds is 9. The first kappa shape index (κ1) is 21.9. The van der Waals surface area contributed by atoms with Crippen LogP contribution in [0.15, 0.2) is 42.5 Å². The molecule has 0 spiro atoms. The van der Waals surface area contributed by atoms with Crippen LogP contribution in [0.5, 0.6) is 0 Å². The number of nitrogens with zero attached hydrogens (tertiary/aromatic N) is 1. The van der Waals surface area contributed by atoms with Crippen molar-refractivity contribution in [3.63, 3.8) is 0 Å². The normalized spacial score (nSPS) is 11.3.